The van der Waals surface area contributed by atoms with Crippen molar-refractivity contribution >= 4 is 6.16 Å². The number of carbonyl (C=O) groups is 1. The molecule has 0 N–H and O–H groups in total. The van der Waals surface area contributed by atoms with Crippen molar-refractivity contribution in [2.24, 2.45) is 5.92 Å². The van der Waals surface area contributed by atoms with Crippen molar-refractivity contribution < 1.29 is 14.3 Å². The van der Waals surface area contributed by atoms with E-state index in [1.165, 1.54) is 37.7 Å². The summed E-state index contributed by atoms with van der Waals surface area (Å²) in [6, 6.07) is 7.69. The van der Waals surface area contributed by atoms with Crippen LogP contribution in [0.15, 0.2) is 24.3 Å². The fourth-order valence-corrected chi connectivity index (χ4v) is 1.89. The van der Waals surface area contributed by atoms with Crippen LogP contribution in [0, 0.1) is 5.92 Å². The first-order chi connectivity index (χ1) is 11.4. The number of hydrogen-bond acceptors (Lipinski definition) is 3. The molecule has 0 aromatic heterocycles. The maximum absolute atomic E-state index is 11.6. The first kappa shape index (κ1) is 22.5. The summed E-state index contributed by atoms with van der Waals surface area (Å²) in [7, 11) is 0. The van der Waals surface area contributed by atoms with Crippen LogP contribution < -0.4 is 4.74 Å². The molecule has 1 aromatic rings. The first-order valence-electron chi connectivity index (χ1n) is 9.41. The molecule has 24 heavy (non-hydrogen) atoms. The first-order valence-corrected chi connectivity index (χ1v) is 9.41. The summed E-state index contributed by atoms with van der Waals surface area (Å²) in [5, 5.41) is 0. The maximum atomic E-state index is 11.6. The Hall–Kier alpha value is -1.51. The molecule has 0 aliphatic heterocycles. The Bertz CT molecular complexity index is 423. The predicted octanol–water partition coefficient (Wildman–Crippen LogP) is 6.79. The van der Waals surface area contributed by atoms with Gasteiger partial charge in [-0.15, -0.1) is 0 Å². The van der Waals surface area contributed by atoms with Crippen LogP contribution in [0.25, 0.3) is 0 Å². The van der Waals surface area contributed by atoms with E-state index >= 15 is 0 Å². The minimum absolute atomic E-state index is 0.143. The van der Waals surface area contributed by atoms with Gasteiger partial charge >= 0.3 is 6.16 Å². The third-order valence-corrected chi connectivity index (χ3v) is 3.66. The molecular weight excluding hydrogens is 300 g/mol. The molecule has 1 atom stereocenters. The molecule has 3 nitrogen and oxygen atoms in total. The van der Waals surface area contributed by atoms with Crippen molar-refractivity contribution in [3.8, 4) is 5.75 Å². The van der Waals surface area contributed by atoms with Gasteiger partial charge in [-0.1, -0.05) is 72.4 Å². The SMILES string of the molecule is CCC.CCCCCCc1ccc(OC(=O)OC(C)C(C)C)cc1. The third kappa shape index (κ3) is 11.1. The van der Waals surface area contributed by atoms with Gasteiger partial charge in [0.1, 0.15) is 11.9 Å². The van der Waals surface area contributed by atoms with E-state index in [0.717, 1.165) is 6.42 Å². The summed E-state index contributed by atoms with van der Waals surface area (Å²) in [4.78, 5) is 11.6. The minimum atomic E-state index is -0.633. The van der Waals surface area contributed by atoms with Crippen LogP contribution in [-0.2, 0) is 11.2 Å². The zero-order valence-corrected chi connectivity index (χ0v) is 16.4. The third-order valence-electron chi connectivity index (χ3n) is 3.66. The summed E-state index contributed by atoms with van der Waals surface area (Å²) >= 11 is 0. The Morgan fingerprint density at radius 1 is 0.958 bits per heavy atom. The average molecular weight is 337 g/mol. The molecule has 1 unspecified atom stereocenters. The Kier molecular flexibility index (Phi) is 13.0. The highest BCUT2D eigenvalue weighted by molar-refractivity contribution is 5.64. The van der Waals surface area contributed by atoms with Gasteiger partial charge in [-0.05, 0) is 43.4 Å². The lowest BCUT2D eigenvalue weighted by Crippen LogP contribution is -2.22. The lowest BCUT2D eigenvalue weighted by atomic mass is 10.1. The van der Waals surface area contributed by atoms with Crippen molar-refractivity contribution in [3.05, 3.63) is 29.8 Å². The standard InChI is InChI=1S/C18H28O3.C3H8/c1-5-6-7-8-9-16-10-12-17(13-11-16)21-18(19)20-15(4)14(2)3;1-3-2/h10-15H,5-9H2,1-4H3;3H2,1-2H3. The van der Waals surface area contributed by atoms with E-state index in [1.807, 2.05) is 45.0 Å². The van der Waals surface area contributed by atoms with E-state index in [0.29, 0.717) is 5.75 Å². The fourth-order valence-electron chi connectivity index (χ4n) is 1.89. The molecule has 0 spiro atoms. The van der Waals surface area contributed by atoms with Crippen LogP contribution in [0.5, 0.6) is 5.75 Å². The second kappa shape index (κ2) is 13.9. The number of ether oxygens (including phenoxy) is 2. The Balaban J connectivity index is 0.00000163. The number of carbonyl (C=O) groups excluding carboxylic acids is 1. The fraction of sp³-hybridized carbons (Fsp3) is 0.667. The molecule has 0 saturated heterocycles. The van der Waals surface area contributed by atoms with Gasteiger partial charge in [0, 0.05) is 0 Å². The van der Waals surface area contributed by atoms with E-state index in [-0.39, 0.29) is 12.0 Å². The topological polar surface area (TPSA) is 35.5 Å². The smallest absolute Gasteiger partial charge is 0.431 e. The Labute approximate surface area is 148 Å². The van der Waals surface area contributed by atoms with Crippen molar-refractivity contribution in [2.75, 3.05) is 0 Å². The molecule has 0 aliphatic carbocycles. The lowest BCUT2D eigenvalue weighted by Gasteiger charge is -2.16. The van der Waals surface area contributed by atoms with Gasteiger partial charge < -0.3 is 9.47 Å². The van der Waals surface area contributed by atoms with Gasteiger partial charge in [0.2, 0.25) is 0 Å². The number of rotatable bonds is 8. The van der Waals surface area contributed by atoms with Gasteiger partial charge in [-0.3, -0.25) is 0 Å². The van der Waals surface area contributed by atoms with Crippen LogP contribution in [0.4, 0.5) is 4.79 Å². The Morgan fingerprint density at radius 3 is 2.04 bits per heavy atom. The molecule has 1 aromatic carbocycles. The molecule has 0 saturated carbocycles. The molecule has 0 bridgehead atoms. The largest absolute Gasteiger partial charge is 0.514 e. The quantitative estimate of drug-likeness (QED) is 0.298. The highest BCUT2D eigenvalue weighted by Crippen LogP contribution is 2.16. The van der Waals surface area contributed by atoms with Gasteiger partial charge in [-0.2, -0.15) is 0 Å². The number of hydrogen-bond donors (Lipinski definition) is 0. The molecule has 0 radical (unpaired) electrons. The van der Waals surface area contributed by atoms with Gasteiger partial charge in [0.15, 0.2) is 0 Å². The van der Waals surface area contributed by atoms with E-state index < -0.39 is 6.16 Å². The summed E-state index contributed by atoms with van der Waals surface area (Å²) in [6.45, 7) is 12.3. The average Bonchev–Trinajstić information content (AvgIpc) is 2.53. The summed E-state index contributed by atoms with van der Waals surface area (Å²) in [5.74, 6) is 0.816. The number of aryl methyl sites for hydroxylation is 1. The van der Waals surface area contributed by atoms with Crippen LogP contribution in [0.1, 0.15) is 79.2 Å². The Morgan fingerprint density at radius 2 is 1.54 bits per heavy atom. The van der Waals surface area contributed by atoms with Crippen LogP contribution >= 0.6 is 0 Å². The summed E-state index contributed by atoms with van der Waals surface area (Å²) in [6.07, 6.45) is 6.58. The van der Waals surface area contributed by atoms with Crippen molar-refractivity contribution in [3.63, 3.8) is 0 Å². The van der Waals surface area contributed by atoms with E-state index in [9.17, 15) is 4.79 Å². The van der Waals surface area contributed by atoms with E-state index in [4.69, 9.17) is 9.47 Å². The van der Waals surface area contributed by atoms with Gasteiger partial charge in [-0.25, -0.2) is 4.79 Å². The molecule has 3 heteroatoms. The van der Waals surface area contributed by atoms with Crippen LogP contribution in [0.2, 0.25) is 0 Å². The second-order valence-corrected chi connectivity index (χ2v) is 6.58. The normalized spacial score (nSPS) is 11.5. The summed E-state index contributed by atoms with van der Waals surface area (Å²) < 4.78 is 10.3. The van der Waals surface area contributed by atoms with Crippen molar-refractivity contribution in [1.29, 1.82) is 0 Å². The van der Waals surface area contributed by atoms with Gasteiger partial charge in [0.05, 0.1) is 0 Å². The van der Waals surface area contributed by atoms with E-state index in [2.05, 4.69) is 20.8 Å². The zero-order valence-electron chi connectivity index (χ0n) is 16.4. The highest BCUT2D eigenvalue weighted by atomic mass is 16.7. The minimum Gasteiger partial charge on any atom is -0.431 e. The number of unbranched alkanes of at least 4 members (excludes halogenated alkanes) is 3. The van der Waals surface area contributed by atoms with Gasteiger partial charge in [0.25, 0.3) is 0 Å². The van der Waals surface area contributed by atoms with E-state index in [1.54, 1.807) is 0 Å². The van der Waals surface area contributed by atoms with Crippen molar-refractivity contribution in [1.82, 2.24) is 0 Å². The summed E-state index contributed by atoms with van der Waals surface area (Å²) in [5.41, 5.74) is 1.28. The predicted molar refractivity (Wildman–Crippen MR) is 102 cm³/mol. The molecule has 0 aliphatic rings. The zero-order chi connectivity index (χ0) is 18.4. The highest BCUT2D eigenvalue weighted by Gasteiger charge is 2.14. The van der Waals surface area contributed by atoms with Crippen LogP contribution in [-0.4, -0.2) is 12.3 Å². The molecular formula is C21H36O3. The van der Waals surface area contributed by atoms with Crippen molar-refractivity contribution in [2.45, 2.75) is 86.2 Å². The molecule has 0 fully saturated rings. The lowest BCUT2D eigenvalue weighted by molar-refractivity contribution is 0.0466. The monoisotopic (exact) mass is 336 g/mol. The molecule has 0 amide bonds. The molecule has 138 valence electrons. The number of benzene rings is 1. The molecule has 1 rings (SSSR count). The van der Waals surface area contributed by atoms with Crippen LogP contribution in [0.3, 0.4) is 0 Å². The second-order valence-electron chi connectivity index (χ2n) is 6.58. The molecule has 0 heterocycles. The maximum Gasteiger partial charge on any atom is 0.514 e.